The second-order valence-corrected chi connectivity index (χ2v) is 5.21. The van der Waals surface area contributed by atoms with Gasteiger partial charge >= 0.3 is 5.97 Å². The summed E-state index contributed by atoms with van der Waals surface area (Å²) in [5.41, 5.74) is 4.29. The van der Waals surface area contributed by atoms with Crippen LogP contribution >= 0.6 is 0 Å². The molecule has 1 spiro atoms. The van der Waals surface area contributed by atoms with E-state index < -0.39 is 29.8 Å². The van der Waals surface area contributed by atoms with Crippen LogP contribution in [-0.4, -0.2) is 56.3 Å². The highest BCUT2D eigenvalue weighted by Gasteiger charge is 2.66. The minimum absolute atomic E-state index is 0.145. The first-order valence-electron chi connectivity index (χ1n) is 5.99. The van der Waals surface area contributed by atoms with E-state index in [0.29, 0.717) is 17.1 Å². The monoisotopic (exact) mass is 269 g/mol. The Hall–Kier alpha value is -1.64. The average molecular weight is 269 g/mol. The standard InChI is InChI=1S/C11H15N3O5/c1-4-2-5-3-13-10(12)14(18)11(5)7(15)6(4)19-9(17)8(11)16/h3-4,6-8,15-16,18H,2H2,1H3,(H2,12,13)/t4-,6-,7+,8-,11-/m1/s1. The molecule has 2 heterocycles. The van der Waals surface area contributed by atoms with Gasteiger partial charge in [0.05, 0.1) is 0 Å². The first-order chi connectivity index (χ1) is 8.90. The molecule has 3 rings (SSSR count). The summed E-state index contributed by atoms with van der Waals surface area (Å²) in [7, 11) is 0. The zero-order valence-electron chi connectivity index (χ0n) is 10.2. The molecular weight excluding hydrogens is 254 g/mol. The number of nitrogens with two attached hydrogens (primary N) is 1. The van der Waals surface area contributed by atoms with Gasteiger partial charge in [-0.3, -0.25) is 5.21 Å². The van der Waals surface area contributed by atoms with Crippen LogP contribution in [0.15, 0.2) is 16.8 Å². The number of ether oxygens (including phenoxy) is 1. The van der Waals surface area contributed by atoms with Crippen LogP contribution in [0.2, 0.25) is 0 Å². The molecule has 8 nitrogen and oxygen atoms in total. The third-order valence-electron chi connectivity index (χ3n) is 4.19. The number of aliphatic hydroxyl groups excluding tert-OH is 2. The lowest BCUT2D eigenvalue weighted by molar-refractivity contribution is -0.255. The third-order valence-corrected chi connectivity index (χ3v) is 4.19. The van der Waals surface area contributed by atoms with Gasteiger partial charge in [-0.25, -0.2) is 14.9 Å². The van der Waals surface area contributed by atoms with Crippen molar-refractivity contribution in [3.05, 3.63) is 11.8 Å². The molecule has 2 fully saturated rings. The highest BCUT2D eigenvalue weighted by atomic mass is 16.6. The van der Waals surface area contributed by atoms with Gasteiger partial charge in [0.2, 0.25) is 5.96 Å². The van der Waals surface area contributed by atoms with Crippen LogP contribution in [0.25, 0.3) is 0 Å². The Morgan fingerprint density at radius 3 is 2.95 bits per heavy atom. The summed E-state index contributed by atoms with van der Waals surface area (Å²) in [6.07, 6.45) is -1.99. The van der Waals surface area contributed by atoms with Gasteiger partial charge in [0.25, 0.3) is 0 Å². The van der Waals surface area contributed by atoms with E-state index in [1.165, 1.54) is 6.20 Å². The molecular formula is C11H15N3O5. The van der Waals surface area contributed by atoms with Gasteiger partial charge < -0.3 is 20.7 Å². The Labute approximate surface area is 108 Å². The molecule has 0 radical (unpaired) electrons. The molecule has 8 heteroatoms. The van der Waals surface area contributed by atoms with E-state index in [-0.39, 0.29) is 11.9 Å². The van der Waals surface area contributed by atoms with Gasteiger partial charge in [-0.2, -0.15) is 0 Å². The maximum atomic E-state index is 11.8. The summed E-state index contributed by atoms with van der Waals surface area (Å²) in [6, 6.07) is 0. The van der Waals surface area contributed by atoms with Gasteiger partial charge in [0.15, 0.2) is 11.6 Å². The van der Waals surface area contributed by atoms with Crippen LogP contribution < -0.4 is 5.73 Å². The quantitative estimate of drug-likeness (QED) is 0.386. The number of carbonyl (C=O) groups excluding carboxylic acids is 1. The number of guanidine groups is 1. The van der Waals surface area contributed by atoms with Crippen molar-refractivity contribution in [3.8, 4) is 0 Å². The Bertz CT molecular complexity index is 499. The summed E-state index contributed by atoms with van der Waals surface area (Å²) in [5, 5.41) is 31.2. The molecule has 1 aliphatic carbocycles. The zero-order valence-corrected chi connectivity index (χ0v) is 10.2. The Morgan fingerprint density at radius 1 is 1.58 bits per heavy atom. The normalized spacial score (nSPS) is 45.1. The minimum Gasteiger partial charge on any atom is -0.457 e. The topological polar surface area (TPSA) is 129 Å². The molecule has 0 unspecified atom stereocenters. The highest BCUT2D eigenvalue weighted by molar-refractivity contribution is 5.85. The molecule has 0 aromatic carbocycles. The Kier molecular flexibility index (Phi) is 2.40. The fourth-order valence-corrected chi connectivity index (χ4v) is 3.20. The summed E-state index contributed by atoms with van der Waals surface area (Å²) in [6.45, 7) is 1.81. The molecule has 0 amide bonds. The van der Waals surface area contributed by atoms with E-state index in [1.807, 2.05) is 6.92 Å². The molecule has 1 saturated carbocycles. The largest absolute Gasteiger partial charge is 0.457 e. The van der Waals surface area contributed by atoms with Gasteiger partial charge in [-0.05, 0) is 17.9 Å². The number of hydrogen-bond donors (Lipinski definition) is 4. The number of hydroxylamine groups is 2. The van der Waals surface area contributed by atoms with Crippen molar-refractivity contribution < 1.29 is 25.0 Å². The molecule has 0 aromatic rings. The number of aliphatic hydroxyl groups is 2. The average Bonchev–Trinajstić information content (AvgIpc) is 2.37. The predicted octanol–water partition coefficient (Wildman–Crippen LogP) is -1.68. The van der Waals surface area contributed by atoms with Crippen LogP contribution in [0.3, 0.4) is 0 Å². The van der Waals surface area contributed by atoms with Crippen LogP contribution in [0.5, 0.6) is 0 Å². The van der Waals surface area contributed by atoms with Crippen molar-refractivity contribution in [3.63, 3.8) is 0 Å². The van der Waals surface area contributed by atoms with Crippen molar-refractivity contribution in [1.82, 2.24) is 5.06 Å². The van der Waals surface area contributed by atoms with E-state index in [0.717, 1.165) is 0 Å². The van der Waals surface area contributed by atoms with Crippen molar-refractivity contribution in [2.75, 3.05) is 0 Å². The molecule has 5 N–H and O–H groups in total. The highest BCUT2D eigenvalue weighted by Crippen LogP contribution is 2.48. The van der Waals surface area contributed by atoms with E-state index in [2.05, 4.69) is 4.99 Å². The molecule has 3 aliphatic rings. The van der Waals surface area contributed by atoms with Crippen LogP contribution in [-0.2, 0) is 9.53 Å². The fraction of sp³-hybridized carbons (Fsp3) is 0.636. The van der Waals surface area contributed by atoms with E-state index in [1.54, 1.807) is 0 Å². The maximum absolute atomic E-state index is 11.8. The van der Waals surface area contributed by atoms with Gasteiger partial charge in [0, 0.05) is 6.20 Å². The van der Waals surface area contributed by atoms with E-state index >= 15 is 0 Å². The lowest BCUT2D eigenvalue weighted by Crippen LogP contribution is -2.77. The number of hydrogen-bond acceptors (Lipinski definition) is 8. The lowest BCUT2D eigenvalue weighted by Gasteiger charge is -2.56. The van der Waals surface area contributed by atoms with Crippen molar-refractivity contribution in [1.29, 1.82) is 0 Å². The number of esters is 1. The predicted molar refractivity (Wildman–Crippen MR) is 61.7 cm³/mol. The molecule has 104 valence electrons. The number of aliphatic imine (C=N–C) groups is 1. The Balaban J connectivity index is 2.20. The summed E-state index contributed by atoms with van der Waals surface area (Å²) >= 11 is 0. The summed E-state index contributed by atoms with van der Waals surface area (Å²) in [5.74, 6) is -1.32. The van der Waals surface area contributed by atoms with Crippen molar-refractivity contribution >= 4 is 11.9 Å². The maximum Gasteiger partial charge on any atom is 0.338 e. The Morgan fingerprint density at radius 2 is 2.26 bits per heavy atom. The number of carbonyl (C=O) groups is 1. The first-order valence-corrected chi connectivity index (χ1v) is 5.99. The van der Waals surface area contributed by atoms with E-state index in [4.69, 9.17) is 10.5 Å². The van der Waals surface area contributed by atoms with Gasteiger partial charge in [-0.15, -0.1) is 0 Å². The third kappa shape index (κ3) is 1.28. The molecule has 0 aromatic heterocycles. The summed E-state index contributed by atoms with van der Waals surface area (Å²) < 4.78 is 5.04. The molecule has 1 saturated heterocycles. The van der Waals surface area contributed by atoms with E-state index in [9.17, 15) is 20.2 Å². The van der Waals surface area contributed by atoms with Crippen LogP contribution in [0, 0.1) is 5.92 Å². The van der Waals surface area contributed by atoms with Crippen LogP contribution in [0.4, 0.5) is 0 Å². The summed E-state index contributed by atoms with van der Waals surface area (Å²) in [4.78, 5) is 15.6. The number of fused-ring (bicyclic) bond motifs is 1. The number of rotatable bonds is 0. The van der Waals surface area contributed by atoms with Gasteiger partial charge in [0.1, 0.15) is 12.2 Å². The second kappa shape index (κ2) is 3.69. The molecule has 2 bridgehead atoms. The smallest absolute Gasteiger partial charge is 0.338 e. The van der Waals surface area contributed by atoms with Gasteiger partial charge in [-0.1, -0.05) is 6.92 Å². The van der Waals surface area contributed by atoms with Crippen molar-refractivity contribution in [2.24, 2.45) is 16.6 Å². The fourth-order valence-electron chi connectivity index (χ4n) is 3.20. The first kappa shape index (κ1) is 12.4. The molecule has 2 aliphatic heterocycles. The second-order valence-electron chi connectivity index (χ2n) is 5.21. The van der Waals surface area contributed by atoms with Crippen molar-refractivity contribution in [2.45, 2.75) is 37.2 Å². The molecule has 19 heavy (non-hydrogen) atoms. The number of nitrogens with zero attached hydrogens (tertiary/aromatic N) is 2. The SMILES string of the molecule is C[C@@H]1CC2=CN=C(N)N(O)[C@]23[C@H](O)C(=O)O[C@H]1[C@@H]3O. The molecule has 5 atom stereocenters. The minimum atomic E-state index is -1.73. The lowest BCUT2D eigenvalue weighted by atomic mass is 9.65. The zero-order chi connectivity index (χ0) is 13.9. The van der Waals surface area contributed by atoms with Crippen LogP contribution in [0.1, 0.15) is 13.3 Å².